The first-order valence-corrected chi connectivity index (χ1v) is 11.0. The highest BCUT2D eigenvalue weighted by molar-refractivity contribution is 6.30. The number of Topliss-reactive ketones (excluding diaryl/α,β-unsaturated/α-hetero) is 1. The molecule has 0 atom stereocenters. The van der Waals surface area contributed by atoms with Gasteiger partial charge in [-0.2, -0.15) is 0 Å². The van der Waals surface area contributed by atoms with E-state index in [4.69, 9.17) is 16.3 Å². The Balaban J connectivity index is 1.31. The lowest BCUT2D eigenvalue weighted by atomic mass is 9.56. The number of hydrogen-bond donors (Lipinski definition) is 1. The van der Waals surface area contributed by atoms with Crippen molar-refractivity contribution in [3.05, 3.63) is 58.7 Å². The maximum Gasteiger partial charge on any atom is 0.410 e. The van der Waals surface area contributed by atoms with Crippen LogP contribution in [0.2, 0.25) is 5.02 Å². The summed E-state index contributed by atoms with van der Waals surface area (Å²) >= 11 is 5.86. The summed E-state index contributed by atoms with van der Waals surface area (Å²) in [5, 5.41) is 3.27. The molecule has 0 radical (unpaired) electrons. The molecule has 0 bridgehead atoms. The molecule has 1 N–H and O–H groups in total. The van der Waals surface area contributed by atoms with Gasteiger partial charge in [-0.25, -0.2) is 9.78 Å². The molecule has 2 aromatic rings. The van der Waals surface area contributed by atoms with Gasteiger partial charge in [0.05, 0.1) is 0 Å². The average molecular weight is 456 g/mol. The van der Waals surface area contributed by atoms with E-state index in [1.807, 2.05) is 20.8 Å². The van der Waals surface area contributed by atoms with Gasteiger partial charge in [0.2, 0.25) is 0 Å². The molecule has 8 heteroatoms. The molecule has 168 valence electrons. The zero-order chi connectivity index (χ0) is 23.1. The Morgan fingerprint density at radius 1 is 1.09 bits per heavy atom. The van der Waals surface area contributed by atoms with Crippen LogP contribution >= 0.6 is 11.6 Å². The van der Waals surface area contributed by atoms with Gasteiger partial charge in [0.15, 0.2) is 5.78 Å². The standard InChI is InChI=1S/C24H26ClN3O4/c1-23(2,3)32-22(31)28-13-24(14-28)11-16(12-24)20(29)18-5-4-6-19(26-18)27-21(30)15-7-9-17(25)10-8-15/h4-10,16H,11-14H2,1-3H3,(H,26,27,30). The predicted octanol–water partition coefficient (Wildman–Crippen LogP) is 4.82. The minimum atomic E-state index is -0.516. The van der Waals surface area contributed by atoms with E-state index in [1.165, 1.54) is 0 Å². The van der Waals surface area contributed by atoms with Crippen molar-refractivity contribution in [3.8, 4) is 0 Å². The molecule has 2 fully saturated rings. The van der Waals surface area contributed by atoms with E-state index in [1.54, 1.807) is 47.4 Å². The number of halogens is 1. The quantitative estimate of drug-likeness (QED) is 0.668. The largest absolute Gasteiger partial charge is 0.444 e. The highest BCUT2D eigenvalue weighted by Gasteiger charge is 2.56. The van der Waals surface area contributed by atoms with Crippen LogP contribution in [0.1, 0.15) is 54.5 Å². The van der Waals surface area contributed by atoms with Gasteiger partial charge in [0, 0.05) is 35.0 Å². The van der Waals surface area contributed by atoms with Gasteiger partial charge in [-0.1, -0.05) is 17.7 Å². The van der Waals surface area contributed by atoms with E-state index in [0.717, 1.165) is 12.8 Å². The fourth-order valence-electron chi connectivity index (χ4n) is 4.29. The number of benzene rings is 1. The molecular weight excluding hydrogens is 430 g/mol. The number of carbonyl (C=O) groups is 3. The van der Waals surface area contributed by atoms with Crippen molar-refractivity contribution in [2.45, 2.75) is 39.2 Å². The molecule has 2 heterocycles. The lowest BCUT2D eigenvalue weighted by Gasteiger charge is -2.58. The Hall–Kier alpha value is -2.93. The molecule has 1 saturated carbocycles. The number of aromatic nitrogens is 1. The van der Waals surface area contributed by atoms with E-state index in [9.17, 15) is 14.4 Å². The van der Waals surface area contributed by atoms with Gasteiger partial charge in [-0.15, -0.1) is 0 Å². The van der Waals surface area contributed by atoms with Crippen molar-refractivity contribution in [3.63, 3.8) is 0 Å². The van der Waals surface area contributed by atoms with Gasteiger partial charge in [-0.05, 0) is 70.0 Å². The molecule has 1 spiro atoms. The Kier molecular flexibility index (Phi) is 5.71. The zero-order valence-corrected chi connectivity index (χ0v) is 19.1. The first-order chi connectivity index (χ1) is 15.0. The molecule has 0 unspecified atom stereocenters. The van der Waals surface area contributed by atoms with Crippen LogP contribution in [-0.2, 0) is 4.74 Å². The van der Waals surface area contributed by atoms with Gasteiger partial charge in [0.25, 0.3) is 5.91 Å². The normalized spacial score (nSPS) is 17.3. The molecule has 1 aromatic carbocycles. The molecule has 2 amide bonds. The Bertz CT molecular complexity index is 1050. The SMILES string of the molecule is CC(C)(C)OC(=O)N1CC2(CC(C(=O)c3cccc(NC(=O)c4ccc(Cl)cc4)n3)C2)C1. The van der Waals surface area contributed by atoms with Gasteiger partial charge < -0.3 is 15.0 Å². The number of nitrogens with zero attached hydrogens (tertiary/aromatic N) is 2. The maximum atomic E-state index is 12.9. The number of rotatable bonds is 4. The van der Waals surface area contributed by atoms with Crippen LogP contribution in [0, 0.1) is 11.3 Å². The number of carbonyl (C=O) groups excluding carboxylic acids is 3. The van der Waals surface area contributed by atoms with Crippen molar-refractivity contribution in [2.75, 3.05) is 18.4 Å². The van der Waals surface area contributed by atoms with Crippen LogP contribution in [0.25, 0.3) is 0 Å². The molecule has 1 aromatic heterocycles. The number of ether oxygens (including phenoxy) is 1. The van der Waals surface area contributed by atoms with Gasteiger partial charge in [0.1, 0.15) is 17.1 Å². The third-order valence-electron chi connectivity index (χ3n) is 5.78. The smallest absolute Gasteiger partial charge is 0.410 e. The number of amides is 2. The second-order valence-corrected chi connectivity index (χ2v) is 10.1. The number of anilines is 1. The fraction of sp³-hybridized carbons (Fsp3) is 0.417. The van der Waals surface area contributed by atoms with Crippen LogP contribution in [0.4, 0.5) is 10.6 Å². The Morgan fingerprint density at radius 3 is 2.38 bits per heavy atom. The highest BCUT2D eigenvalue weighted by atomic mass is 35.5. The molecule has 2 aliphatic rings. The summed E-state index contributed by atoms with van der Waals surface area (Å²) in [4.78, 5) is 43.5. The lowest BCUT2D eigenvalue weighted by molar-refractivity contribution is -0.0865. The third-order valence-corrected chi connectivity index (χ3v) is 6.04. The van der Waals surface area contributed by atoms with Crippen molar-refractivity contribution < 1.29 is 19.1 Å². The van der Waals surface area contributed by atoms with E-state index in [2.05, 4.69) is 10.3 Å². The van der Waals surface area contributed by atoms with Crippen LogP contribution in [-0.4, -0.2) is 46.4 Å². The highest BCUT2D eigenvalue weighted by Crippen LogP contribution is 2.53. The molecule has 1 aliphatic heterocycles. The molecule has 32 heavy (non-hydrogen) atoms. The van der Waals surface area contributed by atoms with E-state index in [0.29, 0.717) is 35.2 Å². The summed E-state index contributed by atoms with van der Waals surface area (Å²) in [5.41, 5.74) is 0.283. The van der Waals surface area contributed by atoms with E-state index < -0.39 is 5.60 Å². The second-order valence-electron chi connectivity index (χ2n) is 9.67. The minimum absolute atomic E-state index is 0.0115. The summed E-state index contributed by atoms with van der Waals surface area (Å²) in [6.45, 7) is 6.78. The maximum absolute atomic E-state index is 12.9. The number of pyridine rings is 1. The topological polar surface area (TPSA) is 88.6 Å². The van der Waals surface area contributed by atoms with Crippen molar-refractivity contribution >= 4 is 35.2 Å². The van der Waals surface area contributed by atoms with Gasteiger partial charge in [-0.3, -0.25) is 9.59 Å². The minimum Gasteiger partial charge on any atom is -0.444 e. The zero-order valence-electron chi connectivity index (χ0n) is 18.4. The molecular formula is C24H26ClN3O4. The summed E-state index contributed by atoms with van der Waals surface area (Å²) in [6, 6.07) is 11.6. The number of hydrogen-bond acceptors (Lipinski definition) is 5. The van der Waals surface area contributed by atoms with Crippen LogP contribution in [0.3, 0.4) is 0 Å². The number of nitrogens with one attached hydrogen (secondary N) is 1. The Labute approximate surface area is 192 Å². The van der Waals surface area contributed by atoms with Crippen LogP contribution < -0.4 is 5.32 Å². The van der Waals surface area contributed by atoms with Gasteiger partial charge >= 0.3 is 6.09 Å². The number of ketones is 1. The fourth-order valence-corrected chi connectivity index (χ4v) is 4.41. The second kappa shape index (κ2) is 8.20. The summed E-state index contributed by atoms with van der Waals surface area (Å²) in [7, 11) is 0. The van der Waals surface area contributed by atoms with Crippen LogP contribution in [0.15, 0.2) is 42.5 Å². The summed E-state index contributed by atoms with van der Waals surface area (Å²) < 4.78 is 5.40. The van der Waals surface area contributed by atoms with E-state index >= 15 is 0 Å². The first-order valence-electron chi connectivity index (χ1n) is 10.6. The Morgan fingerprint density at radius 2 is 1.75 bits per heavy atom. The lowest BCUT2D eigenvalue weighted by Crippen LogP contribution is -2.65. The predicted molar refractivity (Wildman–Crippen MR) is 121 cm³/mol. The summed E-state index contributed by atoms with van der Waals surface area (Å²) in [5.74, 6) is -0.151. The third kappa shape index (κ3) is 4.78. The summed E-state index contributed by atoms with van der Waals surface area (Å²) in [6.07, 6.45) is 1.16. The van der Waals surface area contributed by atoms with Crippen molar-refractivity contribution in [2.24, 2.45) is 11.3 Å². The monoisotopic (exact) mass is 455 g/mol. The number of likely N-dealkylation sites (tertiary alicyclic amines) is 1. The molecule has 4 rings (SSSR count). The van der Waals surface area contributed by atoms with E-state index in [-0.39, 0.29) is 29.1 Å². The molecule has 1 aliphatic carbocycles. The first kappa shape index (κ1) is 22.3. The molecule has 7 nitrogen and oxygen atoms in total. The van der Waals surface area contributed by atoms with Crippen molar-refractivity contribution in [1.82, 2.24) is 9.88 Å². The van der Waals surface area contributed by atoms with Crippen LogP contribution in [0.5, 0.6) is 0 Å². The average Bonchev–Trinajstić information content (AvgIpc) is 2.65. The molecule has 1 saturated heterocycles. The van der Waals surface area contributed by atoms with Crippen molar-refractivity contribution in [1.29, 1.82) is 0 Å².